The zero-order chi connectivity index (χ0) is 13.1. The Morgan fingerprint density at radius 2 is 1.89 bits per heavy atom. The smallest absolute Gasteiger partial charge is 0.233 e. The highest BCUT2D eigenvalue weighted by atomic mass is 19.2. The van der Waals surface area contributed by atoms with Crippen LogP contribution in [0, 0.1) is 11.6 Å². The monoisotopic (exact) mass is 254 g/mol. The number of hydrogen-bond donors (Lipinski definition) is 2. The quantitative estimate of drug-likeness (QED) is 0.801. The van der Waals surface area contributed by atoms with E-state index in [1.165, 1.54) is 6.07 Å². The summed E-state index contributed by atoms with van der Waals surface area (Å²) in [6.45, 7) is 0. The van der Waals surface area contributed by atoms with E-state index in [9.17, 15) is 18.4 Å². The first-order valence-corrected chi connectivity index (χ1v) is 5.59. The van der Waals surface area contributed by atoms with Gasteiger partial charge in [-0.3, -0.25) is 9.59 Å². The van der Waals surface area contributed by atoms with E-state index in [0.717, 1.165) is 25.0 Å². The molecule has 0 radical (unpaired) electrons. The van der Waals surface area contributed by atoms with Crippen LogP contribution in [0.5, 0.6) is 0 Å². The number of nitrogens with one attached hydrogen (secondary N) is 2. The molecule has 0 saturated heterocycles. The van der Waals surface area contributed by atoms with Gasteiger partial charge in [0.05, 0.1) is 0 Å². The van der Waals surface area contributed by atoms with Crippen LogP contribution in [0.15, 0.2) is 18.2 Å². The average Bonchev–Trinajstić information content (AvgIpc) is 3.07. The number of halogens is 2. The second kappa shape index (κ2) is 5.12. The minimum atomic E-state index is -1.05. The Balaban J connectivity index is 1.85. The summed E-state index contributed by atoms with van der Waals surface area (Å²) in [7, 11) is 0. The largest absolute Gasteiger partial charge is 0.353 e. The summed E-state index contributed by atoms with van der Waals surface area (Å²) in [5.41, 5.74) is 0.123. The fourth-order valence-electron chi connectivity index (χ4n) is 1.43. The molecule has 0 atom stereocenters. The van der Waals surface area contributed by atoms with Crippen molar-refractivity contribution in [2.45, 2.75) is 25.3 Å². The predicted molar refractivity (Wildman–Crippen MR) is 60.8 cm³/mol. The van der Waals surface area contributed by atoms with Gasteiger partial charge < -0.3 is 10.6 Å². The van der Waals surface area contributed by atoms with Crippen molar-refractivity contribution in [2.24, 2.45) is 0 Å². The van der Waals surface area contributed by atoms with Crippen molar-refractivity contribution in [3.05, 3.63) is 29.8 Å². The molecule has 0 unspecified atom stereocenters. The lowest BCUT2D eigenvalue weighted by atomic mass is 10.3. The zero-order valence-corrected chi connectivity index (χ0v) is 9.50. The van der Waals surface area contributed by atoms with Gasteiger partial charge >= 0.3 is 0 Å². The number of rotatable bonds is 4. The number of amides is 2. The molecular formula is C12H12F2N2O2. The summed E-state index contributed by atoms with van der Waals surface area (Å²) >= 11 is 0. The van der Waals surface area contributed by atoms with Crippen LogP contribution < -0.4 is 10.6 Å². The van der Waals surface area contributed by atoms with Crippen LogP contribution >= 0.6 is 0 Å². The molecule has 1 aliphatic carbocycles. The van der Waals surface area contributed by atoms with E-state index >= 15 is 0 Å². The van der Waals surface area contributed by atoms with Crippen molar-refractivity contribution in [2.75, 3.05) is 5.32 Å². The second-order valence-electron chi connectivity index (χ2n) is 4.20. The highest BCUT2D eigenvalue weighted by molar-refractivity contribution is 6.03. The predicted octanol–water partition coefficient (Wildman–Crippen LogP) is 1.57. The van der Waals surface area contributed by atoms with Gasteiger partial charge in [-0.1, -0.05) is 0 Å². The maximum absolute atomic E-state index is 12.9. The number of carbonyl (C=O) groups excluding carboxylic acids is 2. The van der Waals surface area contributed by atoms with Crippen LogP contribution in [0.25, 0.3) is 0 Å². The Morgan fingerprint density at radius 3 is 2.50 bits per heavy atom. The maximum Gasteiger partial charge on any atom is 0.233 e. The van der Waals surface area contributed by atoms with E-state index in [1.807, 2.05) is 0 Å². The Kier molecular flexibility index (Phi) is 3.55. The molecule has 2 rings (SSSR count). The van der Waals surface area contributed by atoms with E-state index in [2.05, 4.69) is 10.6 Å². The first-order chi connectivity index (χ1) is 8.54. The lowest BCUT2D eigenvalue weighted by Gasteiger charge is -2.06. The second-order valence-corrected chi connectivity index (χ2v) is 4.20. The van der Waals surface area contributed by atoms with Gasteiger partial charge in [-0.05, 0) is 25.0 Å². The summed E-state index contributed by atoms with van der Waals surface area (Å²) in [6, 6.07) is 3.20. The Hall–Kier alpha value is -1.98. The summed E-state index contributed by atoms with van der Waals surface area (Å²) in [6.07, 6.45) is 1.56. The van der Waals surface area contributed by atoms with Gasteiger partial charge in [0.15, 0.2) is 11.6 Å². The lowest BCUT2D eigenvalue weighted by Crippen LogP contribution is -2.29. The molecule has 1 aromatic carbocycles. The molecule has 0 bridgehead atoms. The minimum absolute atomic E-state index is 0.123. The SMILES string of the molecule is O=C(CC(=O)NC1CC1)Nc1ccc(F)c(F)c1. The fraction of sp³-hybridized carbons (Fsp3) is 0.333. The van der Waals surface area contributed by atoms with Gasteiger partial charge in [0, 0.05) is 17.8 Å². The van der Waals surface area contributed by atoms with E-state index < -0.39 is 17.5 Å². The Bertz CT molecular complexity index is 487. The topological polar surface area (TPSA) is 58.2 Å². The van der Waals surface area contributed by atoms with Crippen LogP contribution in [-0.4, -0.2) is 17.9 Å². The molecule has 6 heteroatoms. The normalized spacial score (nSPS) is 14.1. The molecule has 0 heterocycles. The van der Waals surface area contributed by atoms with Gasteiger partial charge in [0.25, 0.3) is 0 Å². The van der Waals surface area contributed by atoms with E-state index in [-0.39, 0.29) is 24.1 Å². The summed E-state index contributed by atoms with van der Waals surface area (Å²) in [5, 5.41) is 4.99. The Morgan fingerprint density at radius 1 is 1.17 bits per heavy atom. The molecule has 1 aliphatic rings. The van der Waals surface area contributed by atoms with Gasteiger partial charge in [-0.25, -0.2) is 8.78 Å². The third kappa shape index (κ3) is 3.51. The third-order valence-electron chi connectivity index (χ3n) is 2.47. The molecule has 0 spiro atoms. The standard InChI is InChI=1S/C12H12F2N2O2/c13-9-4-3-8(5-10(9)14)16-12(18)6-11(17)15-7-1-2-7/h3-5,7H,1-2,6H2,(H,15,17)(H,16,18). The maximum atomic E-state index is 12.9. The fourth-order valence-corrected chi connectivity index (χ4v) is 1.43. The number of benzene rings is 1. The van der Waals surface area contributed by atoms with Crippen LogP contribution in [0.4, 0.5) is 14.5 Å². The number of hydrogen-bond acceptors (Lipinski definition) is 2. The van der Waals surface area contributed by atoms with E-state index in [1.54, 1.807) is 0 Å². The lowest BCUT2D eigenvalue weighted by molar-refractivity contribution is -0.126. The first-order valence-electron chi connectivity index (χ1n) is 5.59. The van der Waals surface area contributed by atoms with Crippen LogP contribution in [0.3, 0.4) is 0 Å². The van der Waals surface area contributed by atoms with Gasteiger partial charge in [0.2, 0.25) is 11.8 Å². The number of anilines is 1. The van der Waals surface area contributed by atoms with Gasteiger partial charge in [0.1, 0.15) is 6.42 Å². The van der Waals surface area contributed by atoms with Crippen LogP contribution in [-0.2, 0) is 9.59 Å². The van der Waals surface area contributed by atoms with Gasteiger partial charge in [-0.15, -0.1) is 0 Å². The summed E-state index contributed by atoms with van der Waals surface area (Å²) in [5.74, 6) is -2.95. The molecular weight excluding hydrogens is 242 g/mol. The Labute approximate surface area is 102 Å². The van der Waals surface area contributed by atoms with Crippen molar-refractivity contribution < 1.29 is 18.4 Å². The van der Waals surface area contributed by atoms with Crippen molar-refractivity contribution in [1.82, 2.24) is 5.32 Å². The molecule has 2 N–H and O–H groups in total. The molecule has 4 nitrogen and oxygen atoms in total. The molecule has 1 saturated carbocycles. The van der Waals surface area contributed by atoms with Crippen molar-refractivity contribution in [3.8, 4) is 0 Å². The summed E-state index contributed by atoms with van der Waals surface area (Å²) < 4.78 is 25.5. The molecule has 0 aliphatic heterocycles. The molecule has 18 heavy (non-hydrogen) atoms. The molecule has 96 valence electrons. The third-order valence-corrected chi connectivity index (χ3v) is 2.47. The minimum Gasteiger partial charge on any atom is -0.353 e. The highest BCUT2D eigenvalue weighted by Gasteiger charge is 2.24. The van der Waals surface area contributed by atoms with Crippen molar-refractivity contribution in [1.29, 1.82) is 0 Å². The molecule has 0 aromatic heterocycles. The first kappa shape index (κ1) is 12.5. The van der Waals surface area contributed by atoms with Crippen LogP contribution in [0.2, 0.25) is 0 Å². The highest BCUT2D eigenvalue weighted by Crippen LogP contribution is 2.18. The van der Waals surface area contributed by atoms with Crippen LogP contribution in [0.1, 0.15) is 19.3 Å². The molecule has 1 fully saturated rings. The van der Waals surface area contributed by atoms with E-state index in [4.69, 9.17) is 0 Å². The van der Waals surface area contributed by atoms with Crippen molar-refractivity contribution >= 4 is 17.5 Å². The zero-order valence-electron chi connectivity index (χ0n) is 9.50. The molecule has 1 aromatic rings. The van der Waals surface area contributed by atoms with E-state index in [0.29, 0.717) is 0 Å². The summed E-state index contributed by atoms with van der Waals surface area (Å²) in [4.78, 5) is 22.7. The van der Waals surface area contributed by atoms with Crippen molar-refractivity contribution in [3.63, 3.8) is 0 Å². The molecule has 2 amide bonds. The average molecular weight is 254 g/mol. The van der Waals surface area contributed by atoms with Gasteiger partial charge in [-0.2, -0.15) is 0 Å². The number of carbonyl (C=O) groups is 2.